The maximum absolute atomic E-state index is 5.84. The molecule has 4 saturated heterocycles. The molecule has 169 valence electrons. The van der Waals surface area contributed by atoms with Crippen LogP contribution in [0.15, 0.2) is 83.4 Å². The Morgan fingerprint density at radius 3 is 2.34 bits per heavy atom. The van der Waals surface area contributed by atoms with Crippen LogP contribution in [0.4, 0.5) is 0 Å². The average molecular weight is 509 g/mol. The van der Waals surface area contributed by atoms with Crippen LogP contribution in [0.5, 0.6) is 0 Å². The van der Waals surface area contributed by atoms with E-state index in [1.165, 1.54) is 49.5 Å². The normalized spacial score (nSPS) is 23.0. The summed E-state index contributed by atoms with van der Waals surface area (Å²) in [5.41, 5.74) is 11.6. The van der Waals surface area contributed by atoms with Crippen LogP contribution < -0.4 is 21.7 Å². The van der Waals surface area contributed by atoms with Gasteiger partial charge in [0.05, 0.1) is 0 Å². The molecule has 5 radical (unpaired) electrons. The summed E-state index contributed by atoms with van der Waals surface area (Å²) in [5, 5.41) is 4.33. The van der Waals surface area contributed by atoms with E-state index in [2.05, 4.69) is 118 Å². The van der Waals surface area contributed by atoms with Gasteiger partial charge in [0.25, 0.3) is 0 Å². The molecule has 11 heteroatoms. The molecule has 4 aromatic carbocycles. The van der Waals surface area contributed by atoms with Crippen LogP contribution in [-0.4, -0.2) is 50.8 Å². The van der Waals surface area contributed by atoms with E-state index in [9.17, 15) is 0 Å². The molecule has 0 N–H and O–H groups in total. The Labute approximate surface area is 226 Å². The molecule has 38 heavy (non-hydrogen) atoms. The topological polar surface area (TPSA) is 17.3 Å². The summed E-state index contributed by atoms with van der Waals surface area (Å²) in [7, 11) is 2.41. The summed E-state index contributed by atoms with van der Waals surface area (Å²) in [4.78, 5) is 0. The van der Waals surface area contributed by atoms with Crippen LogP contribution in [0.25, 0.3) is 27.5 Å². The second-order valence-electron chi connectivity index (χ2n) is 12.8. The van der Waals surface area contributed by atoms with Gasteiger partial charge in [-0.05, 0) is 0 Å². The summed E-state index contributed by atoms with van der Waals surface area (Å²) >= 11 is 0. The quantitative estimate of drug-likeness (QED) is 0.253. The van der Waals surface area contributed by atoms with Crippen molar-refractivity contribution in [2.45, 2.75) is 19.3 Å². The van der Waals surface area contributed by atoms with Crippen molar-refractivity contribution < 1.29 is 0 Å². The third-order valence-corrected chi connectivity index (χ3v) is 19.2. The van der Waals surface area contributed by atoms with E-state index in [0.29, 0.717) is 6.21 Å². The molecule has 0 saturated carbocycles. The molecule has 7 heterocycles. The molecule has 1 aromatic heterocycles. The summed E-state index contributed by atoms with van der Waals surface area (Å²) in [6.07, 6.45) is 0.0431. The molecule has 0 amide bonds. The van der Waals surface area contributed by atoms with Crippen molar-refractivity contribution in [1.82, 2.24) is 4.57 Å². The van der Waals surface area contributed by atoms with Gasteiger partial charge in [-0.2, -0.15) is 0 Å². The summed E-state index contributed by atoms with van der Waals surface area (Å²) in [6.45, 7) is 10.5. The zero-order valence-corrected chi connectivity index (χ0v) is 23.1. The molecule has 2 nitrogen and oxygen atoms in total. The molecule has 0 unspecified atom stereocenters. The number of fused-ring (bicyclic) bond motifs is 9. The van der Waals surface area contributed by atoms with Crippen LogP contribution in [0.3, 0.4) is 0 Å². The molecule has 6 aliphatic heterocycles. The fourth-order valence-corrected chi connectivity index (χ4v) is 17.8. The van der Waals surface area contributed by atoms with Crippen molar-refractivity contribution >= 4 is 104 Å². The number of aromatic nitrogens is 1. The van der Waals surface area contributed by atoms with Crippen molar-refractivity contribution in [1.29, 1.82) is 0 Å². The Morgan fingerprint density at radius 1 is 0.868 bits per heavy atom. The molecule has 11 rings (SSSR count). The average Bonchev–Trinajstić information content (AvgIpc) is 3.84. The Bertz CT molecular complexity index is 2050. The van der Waals surface area contributed by atoms with Gasteiger partial charge in [0.15, 0.2) is 0 Å². The van der Waals surface area contributed by atoms with Gasteiger partial charge >= 0.3 is 228 Å². The number of hydrogen-bond donors (Lipinski definition) is 0. The Hall–Kier alpha value is -2.34. The number of para-hydroxylation sites is 2. The Morgan fingerprint density at radius 2 is 1.58 bits per heavy atom. The fourth-order valence-electron chi connectivity index (χ4n) is 8.41. The zero-order valence-electron chi connectivity index (χ0n) is 21.3. The third kappa shape index (κ3) is 2.04. The van der Waals surface area contributed by atoms with E-state index >= 15 is 0 Å². The minimum atomic E-state index is -2.32. The first kappa shape index (κ1) is 20.6. The summed E-state index contributed by atoms with van der Waals surface area (Å²) in [5.74, 6) is 0. The second kappa shape index (κ2) is 5.89. The van der Waals surface area contributed by atoms with Gasteiger partial charge in [0.2, 0.25) is 0 Å². The molecule has 5 aromatic rings. The fraction of sp³-hybridized carbons (Fsp3) is 0.111. The Balaban J connectivity index is 1.31. The number of benzene rings is 4. The van der Waals surface area contributed by atoms with E-state index < -0.39 is 6.39 Å². The van der Waals surface area contributed by atoms with Gasteiger partial charge in [-0.15, -0.1) is 0 Å². The predicted molar refractivity (Wildman–Crippen MR) is 174 cm³/mol. The van der Waals surface area contributed by atoms with Crippen LogP contribution in [0.2, 0.25) is 0 Å². The first-order chi connectivity index (χ1) is 18.5. The molecule has 0 atom stereocenters. The monoisotopic (exact) mass is 510 g/mol. The number of hydrogen-bond acceptors (Lipinski definition) is 1. The first-order valence-corrected chi connectivity index (χ1v) is 17.8. The van der Waals surface area contributed by atoms with E-state index in [0.717, 1.165) is 12.4 Å². The number of nitrogens with zero attached hydrogens (tertiary/aromatic N) is 2. The van der Waals surface area contributed by atoms with Crippen molar-refractivity contribution in [3.63, 3.8) is 0 Å². The standard InChI is InChI=1S/C27H19B7N2P2/c1-27(2)18-10-6-14-22-24(18)31(20-12-5-9-17-16-8-3-4-13-21(16)36(22)26(17)20)25-19(27)11-7-15-23(25)38(29-32(38)30-38)35-37-33-28-34(33)37/h3-15H,1-2H3/q-1. The third-order valence-electron chi connectivity index (χ3n) is 10.7. The van der Waals surface area contributed by atoms with E-state index in [1.807, 2.05) is 0 Å². The van der Waals surface area contributed by atoms with Gasteiger partial charge in [0, 0.05) is 0 Å². The van der Waals surface area contributed by atoms with Crippen molar-refractivity contribution in [2.75, 3.05) is 0 Å². The second-order valence-corrected chi connectivity index (χ2v) is 19.7. The van der Waals surface area contributed by atoms with Gasteiger partial charge in [-0.3, -0.25) is 0 Å². The minimum absolute atomic E-state index is 0.0630. The molecule has 4 fully saturated rings. The van der Waals surface area contributed by atoms with Crippen LogP contribution in [-0.2, 0) is 5.41 Å². The van der Waals surface area contributed by atoms with Gasteiger partial charge < -0.3 is 0 Å². The predicted octanol–water partition coefficient (Wildman–Crippen LogP) is 3.05. The van der Waals surface area contributed by atoms with Gasteiger partial charge in [0.1, 0.15) is 0 Å². The van der Waals surface area contributed by atoms with Crippen LogP contribution in [0, 0.1) is 0 Å². The van der Waals surface area contributed by atoms with E-state index in [-0.39, 0.29) is 19.6 Å². The van der Waals surface area contributed by atoms with Gasteiger partial charge in [-0.25, -0.2) is 0 Å². The molecular formula is C27H19B7N2P2-. The van der Waals surface area contributed by atoms with Crippen molar-refractivity contribution in [3.05, 3.63) is 90.0 Å². The Kier molecular flexibility index (Phi) is 3.19. The summed E-state index contributed by atoms with van der Waals surface area (Å²) < 4.78 is 8.41. The number of rotatable bonds is 2. The van der Waals surface area contributed by atoms with E-state index in [1.54, 1.807) is 10.8 Å². The zero-order chi connectivity index (χ0) is 24.8. The van der Waals surface area contributed by atoms with Crippen molar-refractivity contribution in [3.8, 4) is 5.69 Å². The maximum atomic E-state index is 5.84. The van der Waals surface area contributed by atoms with Crippen molar-refractivity contribution in [2.24, 2.45) is 4.52 Å². The molecule has 0 bridgehead atoms. The molecule has 6 aliphatic rings. The van der Waals surface area contributed by atoms with Crippen LogP contribution in [0.1, 0.15) is 25.0 Å². The van der Waals surface area contributed by atoms with Crippen LogP contribution >= 0.6 is 13.9 Å². The SMILES string of the molecule is CC1(C)c2cccc3c2B(c2c1cccc2P12(N=[P+]4B5[B-]B54)[B]B1[B-]2)c1cccc2c4ccccc4n-3c12. The van der Waals surface area contributed by atoms with E-state index in [4.69, 9.17) is 4.52 Å². The van der Waals surface area contributed by atoms with Gasteiger partial charge in [-0.1, -0.05) is 0 Å². The molecular weight excluding hydrogens is 490 g/mol. The molecule has 0 spiro atoms. The molecule has 0 aliphatic carbocycles. The summed E-state index contributed by atoms with van der Waals surface area (Å²) in [6, 6.07) is 30.4. The first-order valence-electron chi connectivity index (χ1n) is 13.9.